The number of Topliss-reactive ketones (excluding diaryl/α,β-unsaturated/α-hetero) is 1. The molecule has 1 nitrogen and oxygen atoms in total. The lowest BCUT2D eigenvalue weighted by atomic mass is 10.2. The van der Waals surface area contributed by atoms with Gasteiger partial charge in [0, 0.05) is 9.92 Å². The van der Waals surface area contributed by atoms with Crippen LogP contribution in [0.1, 0.15) is 12.5 Å². The standard InChI is InChI=1S/C10H11ClOS/c1-7-5-9(3-4-10(7)11)13-6-8(2)12/h3-5H,6H2,1-2H3. The summed E-state index contributed by atoms with van der Waals surface area (Å²) < 4.78 is 0. The van der Waals surface area contributed by atoms with Crippen LogP contribution in [0.5, 0.6) is 0 Å². The van der Waals surface area contributed by atoms with E-state index in [1.165, 1.54) is 0 Å². The fourth-order valence-corrected chi connectivity index (χ4v) is 1.80. The molecule has 0 saturated heterocycles. The van der Waals surface area contributed by atoms with Crippen LogP contribution in [0.15, 0.2) is 23.1 Å². The highest BCUT2D eigenvalue weighted by Crippen LogP contribution is 2.23. The number of benzene rings is 1. The van der Waals surface area contributed by atoms with E-state index in [1.54, 1.807) is 18.7 Å². The number of halogens is 1. The van der Waals surface area contributed by atoms with Crippen molar-refractivity contribution >= 4 is 29.1 Å². The summed E-state index contributed by atoms with van der Waals surface area (Å²) in [4.78, 5) is 11.8. The molecular weight excluding hydrogens is 204 g/mol. The normalized spacial score (nSPS) is 10.1. The first-order valence-corrected chi connectivity index (χ1v) is 5.34. The summed E-state index contributed by atoms with van der Waals surface area (Å²) in [5.74, 6) is 0.721. The van der Waals surface area contributed by atoms with Crippen LogP contribution < -0.4 is 0 Å². The zero-order chi connectivity index (χ0) is 9.84. The monoisotopic (exact) mass is 214 g/mol. The second kappa shape index (κ2) is 4.68. The van der Waals surface area contributed by atoms with Gasteiger partial charge in [0.15, 0.2) is 0 Å². The number of carbonyl (C=O) groups excluding carboxylic acids is 1. The van der Waals surface area contributed by atoms with Gasteiger partial charge in [-0.3, -0.25) is 4.79 Å². The molecule has 0 radical (unpaired) electrons. The van der Waals surface area contributed by atoms with Crippen molar-refractivity contribution in [2.24, 2.45) is 0 Å². The minimum atomic E-state index is 0.192. The maximum absolute atomic E-state index is 10.7. The van der Waals surface area contributed by atoms with Crippen LogP contribution in [-0.2, 0) is 4.79 Å². The minimum absolute atomic E-state index is 0.192. The van der Waals surface area contributed by atoms with Crippen LogP contribution in [0.4, 0.5) is 0 Å². The molecule has 1 aromatic carbocycles. The van der Waals surface area contributed by atoms with Gasteiger partial charge in [-0.25, -0.2) is 0 Å². The highest BCUT2D eigenvalue weighted by Gasteiger charge is 1.99. The lowest BCUT2D eigenvalue weighted by molar-refractivity contribution is -0.114. The van der Waals surface area contributed by atoms with Gasteiger partial charge in [0.25, 0.3) is 0 Å². The van der Waals surface area contributed by atoms with Crippen molar-refractivity contribution in [1.82, 2.24) is 0 Å². The minimum Gasteiger partial charge on any atom is -0.299 e. The Morgan fingerprint density at radius 1 is 1.54 bits per heavy atom. The van der Waals surface area contributed by atoms with Gasteiger partial charge in [-0.2, -0.15) is 0 Å². The van der Waals surface area contributed by atoms with E-state index in [9.17, 15) is 4.79 Å². The van der Waals surface area contributed by atoms with Crippen molar-refractivity contribution in [1.29, 1.82) is 0 Å². The summed E-state index contributed by atoms with van der Waals surface area (Å²) >= 11 is 7.41. The Labute approximate surface area is 87.5 Å². The number of aryl methyl sites for hydroxylation is 1. The highest BCUT2D eigenvalue weighted by molar-refractivity contribution is 8.00. The number of hydrogen-bond donors (Lipinski definition) is 0. The first-order chi connectivity index (χ1) is 6.09. The van der Waals surface area contributed by atoms with E-state index in [1.807, 2.05) is 25.1 Å². The molecule has 0 aromatic heterocycles. The van der Waals surface area contributed by atoms with Gasteiger partial charge >= 0.3 is 0 Å². The average Bonchev–Trinajstić information content (AvgIpc) is 2.07. The van der Waals surface area contributed by atoms with Gasteiger partial charge in [-0.1, -0.05) is 11.6 Å². The van der Waals surface area contributed by atoms with Crippen molar-refractivity contribution in [3.63, 3.8) is 0 Å². The molecule has 70 valence electrons. The Morgan fingerprint density at radius 2 is 2.23 bits per heavy atom. The first kappa shape index (κ1) is 10.6. The molecule has 13 heavy (non-hydrogen) atoms. The van der Waals surface area contributed by atoms with E-state index < -0.39 is 0 Å². The molecule has 0 fully saturated rings. The summed E-state index contributed by atoms with van der Waals surface area (Å²) in [5.41, 5.74) is 1.05. The third kappa shape index (κ3) is 3.41. The van der Waals surface area contributed by atoms with Crippen molar-refractivity contribution in [2.75, 3.05) is 5.75 Å². The Morgan fingerprint density at radius 3 is 2.77 bits per heavy atom. The average molecular weight is 215 g/mol. The Hall–Kier alpha value is -0.470. The van der Waals surface area contributed by atoms with E-state index in [4.69, 9.17) is 11.6 Å². The Balaban J connectivity index is 2.68. The Bertz CT molecular complexity index is 323. The summed E-state index contributed by atoms with van der Waals surface area (Å²) in [6.07, 6.45) is 0. The first-order valence-electron chi connectivity index (χ1n) is 3.98. The molecule has 0 spiro atoms. The summed E-state index contributed by atoms with van der Waals surface area (Å²) in [5, 5.41) is 0.771. The zero-order valence-electron chi connectivity index (χ0n) is 7.63. The molecule has 0 saturated carbocycles. The van der Waals surface area contributed by atoms with E-state index in [0.29, 0.717) is 5.75 Å². The van der Waals surface area contributed by atoms with E-state index in [2.05, 4.69) is 0 Å². The smallest absolute Gasteiger partial charge is 0.140 e. The second-order valence-corrected chi connectivity index (χ2v) is 4.36. The maximum atomic E-state index is 10.7. The third-order valence-electron chi connectivity index (χ3n) is 1.57. The van der Waals surface area contributed by atoms with Crippen LogP contribution in [0, 0.1) is 6.92 Å². The van der Waals surface area contributed by atoms with Gasteiger partial charge < -0.3 is 0 Å². The molecule has 0 aliphatic rings. The summed E-state index contributed by atoms with van der Waals surface area (Å²) in [6, 6.07) is 5.79. The molecular formula is C10H11ClOS. The topological polar surface area (TPSA) is 17.1 Å². The molecule has 1 rings (SSSR count). The maximum Gasteiger partial charge on any atom is 0.140 e. The van der Waals surface area contributed by atoms with Crippen LogP contribution in [-0.4, -0.2) is 11.5 Å². The van der Waals surface area contributed by atoms with Crippen LogP contribution in [0.2, 0.25) is 5.02 Å². The number of hydrogen-bond acceptors (Lipinski definition) is 2. The lowest BCUT2D eigenvalue weighted by Gasteiger charge is -2.01. The van der Waals surface area contributed by atoms with Crippen molar-refractivity contribution in [2.45, 2.75) is 18.7 Å². The molecule has 0 unspecified atom stereocenters. The van der Waals surface area contributed by atoms with E-state index >= 15 is 0 Å². The van der Waals surface area contributed by atoms with Crippen molar-refractivity contribution < 1.29 is 4.79 Å². The number of rotatable bonds is 3. The molecule has 0 atom stereocenters. The van der Waals surface area contributed by atoms with Gasteiger partial charge in [0.05, 0.1) is 5.75 Å². The largest absolute Gasteiger partial charge is 0.299 e. The predicted molar refractivity (Wildman–Crippen MR) is 57.6 cm³/mol. The van der Waals surface area contributed by atoms with Crippen LogP contribution in [0.25, 0.3) is 0 Å². The zero-order valence-corrected chi connectivity index (χ0v) is 9.21. The third-order valence-corrected chi connectivity index (χ3v) is 3.13. The number of carbonyl (C=O) groups is 1. The molecule has 3 heteroatoms. The van der Waals surface area contributed by atoms with Gasteiger partial charge in [-0.05, 0) is 37.6 Å². The number of ketones is 1. The fourth-order valence-electron chi connectivity index (χ4n) is 0.892. The number of thioether (sulfide) groups is 1. The molecule has 0 aliphatic heterocycles. The lowest BCUT2D eigenvalue weighted by Crippen LogP contribution is -1.92. The fraction of sp³-hybridized carbons (Fsp3) is 0.300. The van der Waals surface area contributed by atoms with Gasteiger partial charge in [0.2, 0.25) is 0 Å². The van der Waals surface area contributed by atoms with Crippen molar-refractivity contribution in [3.8, 4) is 0 Å². The van der Waals surface area contributed by atoms with Crippen LogP contribution >= 0.6 is 23.4 Å². The van der Waals surface area contributed by atoms with Gasteiger partial charge in [0.1, 0.15) is 5.78 Å². The molecule has 0 bridgehead atoms. The summed E-state index contributed by atoms with van der Waals surface area (Å²) in [7, 11) is 0. The Kier molecular flexibility index (Phi) is 3.82. The van der Waals surface area contributed by atoms with E-state index in [0.717, 1.165) is 15.5 Å². The molecule has 1 aromatic rings. The molecule has 0 amide bonds. The second-order valence-electron chi connectivity index (χ2n) is 2.90. The quantitative estimate of drug-likeness (QED) is 0.718. The van der Waals surface area contributed by atoms with Crippen molar-refractivity contribution in [3.05, 3.63) is 28.8 Å². The predicted octanol–water partition coefficient (Wildman–Crippen LogP) is 3.33. The molecule has 0 aliphatic carbocycles. The summed E-state index contributed by atoms with van der Waals surface area (Å²) in [6.45, 7) is 3.55. The molecule has 0 heterocycles. The SMILES string of the molecule is CC(=O)CSc1ccc(Cl)c(C)c1. The van der Waals surface area contributed by atoms with Gasteiger partial charge in [-0.15, -0.1) is 11.8 Å². The van der Waals surface area contributed by atoms with E-state index in [-0.39, 0.29) is 5.78 Å². The molecule has 0 N–H and O–H groups in total. The highest BCUT2D eigenvalue weighted by atomic mass is 35.5. The van der Waals surface area contributed by atoms with Crippen LogP contribution in [0.3, 0.4) is 0 Å².